The topological polar surface area (TPSA) is 21.3 Å². The molecule has 3 heteroatoms. The lowest BCUT2D eigenvalue weighted by Crippen LogP contribution is -2.15. The summed E-state index contributed by atoms with van der Waals surface area (Å²) in [4.78, 5) is 0. The number of benzene rings is 1. The molecular weight excluding hydrogens is 241 g/mol. The highest BCUT2D eigenvalue weighted by molar-refractivity contribution is 5.47. The number of hydrogen-bond acceptors (Lipinski definition) is 2. The second kappa shape index (κ2) is 8.78. The van der Waals surface area contributed by atoms with Gasteiger partial charge in [-0.2, -0.15) is 0 Å². The van der Waals surface area contributed by atoms with Gasteiger partial charge in [-0.05, 0) is 25.5 Å². The zero-order chi connectivity index (χ0) is 14.1. The van der Waals surface area contributed by atoms with Gasteiger partial charge in [0.2, 0.25) is 0 Å². The van der Waals surface area contributed by atoms with Crippen molar-refractivity contribution in [2.75, 3.05) is 12.4 Å². The standard InChI is InChI=1S/C16H26FNO/c1-4-5-6-7-8-9-13(2)18-14-10-11-16(19-3)15(17)12-14/h10-13,18H,4-9H2,1-3H3. The van der Waals surface area contributed by atoms with E-state index in [-0.39, 0.29) is 11.6 Å². The highest BCUT2D eigenvalue weighted by Crippen LogP contribution is 2.21. The van der Waals surface area contributed by atoms with Crippen molar-refractivity contribution >= 4 is 5.69 Å². The average molecular weight is 267 g/mol. The number of hydrogen-bond donors (Lipinski definition) is 1. The number of nitrogens with one attached hydrogen (secondary N) is 1. The van der Waals surface area contributed by atoms with Crippen LogP contribution in [0.1, 0.15) is 52.4 Å². The summed E-state index contributed by atoms with van der Waals surface area (Å²) in [6.07, 6.45) is 7.56. The zero-order valence-electron chi connectivity index (χ0n) is 12.3. The lowest BCUT2D eigenvalue weighted by atomic mass is 10.1. The predicted molar refractivity (Wildman–Crippen MR) is 79.4 cm³/mol. The van der Waals surface area contributed by atoms with Gasteiger partial charge in [-0.3, -0.25) is 0 Å². The third kappa shape index (κ3) is 5.95. The summed E-state index contributed by atoms with van der Waals surface area (Å²) in [5, 5.41) is 3.33. The van der Waals surface area contributed by atoms with Crippen LogP contribution in [0.25, 0.3) is 0 Å². The molecule has 0 bridgehead atoms. The molecule has 2 nitrogen and oxygen atoms in total. The van der Waals surface area contributed by atoms with E-state index >= 15 is 0 Å². The van der Waals surface area contributed by atoms with Crippen LogP contribution in [-0.4, -0.2) is 13.2 Å². The van der Waals surface area contributed by atoms with Gasteiger partial charge in [-0.1, -0.05) is 39.0 Å². The quantitative estimate of drug-likeness (QED) is 0.636. The number of methoxy groups -OCH3 is 1. The van der Waals surface area contributed by atoms with Crippen molar-refractivity contribution in [3.63, 3.8) is 0 Å². The van der Waals surface area contributed by atoms with Gasteiger partial charge in [-0.25, -0.2) is 4.39 Å². The molecule has 0 saturated carbocycles. The molecule has 1 unspecified atom stereocenters. The molecule has 1 atom stereocenters. The van der Waals surface area contributed by atoms with E-state index in [4.69, 9.17) is 4.74 Å². The molecule has 19 heavy (non-hydrogen) atoms. The Labute approximate surface area is 116 Å². The average Bonchev–Trinajstić information content (AvgIpc) is 2.39. The highest BCUT2D eigenvalue weighted by atomic mass is 19.1. The van der Waals surface area contributed by atoms with E-state index < -0.39 is 0 Å². The van der Waals surface area contributed by atoms with E-state index in [1.807, 2.05) is 6.07 Å². The number of anilines is 1. The molecule has 0 amide bonds. The number of unbranched alkanes of at least 4 members (excludes halogenated alkanes) is 4. The van der Waals surface area contributed by atoms with E-state index in [0.717, 1.165) is 12.1 Å². The van der Waals surface area contributed by atoms with Gasteiger partial charge in [0.05, 0.1) is 7.11 Å². The van der Waals surface area contributed by atoms with Gasteiger partial charge >= 0.3 is 0 Å². The van der Waals surface area contributed by atoms with E-state index in [1.54, 1.807) is 6.07 Å². The minimum absolute atomic E-state index is 0.290. The van der Waals surface area contributed by atoms with Crippen LogP contribution in [0.4, 0.5) is 10.1 Å². The van der Waals surface area contributed by atoms with Gasteiger partial charge < -0.3 is 10.1 Å². The fourth-order valence-electron chi connectivity index (χ4n) is 2.17. The molecule has 0 heterocycles. The predicted octanol–water partition coefficient (Wildman–Crippen LogP) is 5.00. The molecule has 0 radical (unpaired) electrons. The summed E-state index contributed by atoms with van der Waals surface area (Å²) < 4.78 is 18.4. The van der Waals surface area contributed by atoms with Crippen LogP contribution in [0.3, 0.4) is 0 Å². The van der Waals surface area contributed by atoms with E-state index in [1.165, 1.54) is 45.3 Å². The van der Waals surface area contributed by atoms with Crippen LogP contribution in [0.5, 0.6) is 5.75 Å². The molecule has 0 aliphatic rings. The van der Waals surface area contributed by atoms with Crippen molar-refractivity contribution < 1.29 is 9.13 Å². The highest BCUT2D eigenvalue weighted by Gasteiger charge is 2.06. The van der Waals surface area contributed by atoms with Crippen LogP contribution in [-0.2, 0) is 0 Å². The molecule has 0 fully saturated rings. The Morgan fingerprint density at radius 2 is 1.95 bits per heavy atom. The molecule has 0 aliphatic carbocycles. The number of rotatable bonds is 9. The Morgan fingerprint density at radius 3 is 2.58 bits per heavy atom. The first-order valence-electron chi connectivity index (χ1n) is 7.27. The summed E-state index contributed by atoms with van der Waals surface area (Å²) in [7, 11) is 1.48. The van der Waals surface area contributed by atoms with E-state index in [9.17, 15) is 4.39 Å². The van der Waals surface area contributed by atoms with E-state index in [2.05, 4.69) is 19.2 Å². The van der Waals surface area contributed by atoms with Crippen molar-refractivity contribution in [1.82, 2.24) is 0 Å². The smallest absolute Gasteiger partial charge is 0.167 e. The van der Waals surface area contributed by atoms with Gasteiger partial charge in [-0.15, -0.1) is 0 Å². The molecular formula is C16H26FNO. The zero-order valence-corrected chi connectivity index (χ0v) is 12.3. The molecule has 1 aromatic rings. The second-order valence-corrected chi connectivity index (χ2v) is 5.10. The first-order valence-corrected chi connectivity index (χ1v) is 7.27. The van der Waals surface area contributed by atoms with Crippen molar-refractivity contribution in [2.24, 2.45) is 0 Å². The Bertz CT molecular complexity index is 368. The fraction of sp³-hybridized carbons (Fsp3) is 0.625. The molecule has 0 aromatic heterocycles. The second-order valence-electron chi connectivity index (χ2n) is 5.10. The maximum absolute atomic E-state index is 13.5. The Balaban J connectivity index is 2.31. The van der Waals surface area contributed by atoms with Gasteiger partial charge in [0.15, 0.2) is 11.6 Å². The van der Waals surface area contributed by atoms with Crippen molar-refractivity contribution in [1.29, 1.82) is 0 Å². The lowest BCUT2D eigenvalue weighted by molar-refractivity contribution is 0.386. The third-order valence-corrected chi connectivity index (χ3v) is 3.31. The Morgan fingerprint density at radius 1 is 1.21 bits per heavy atom. The third-order valence-electron chi connectivity index (χ3n) is 3.31. The van der Waals surface area contributed by atoms with Gasteiger partial charge in [0.1, 0.15) is 0 Å². The maximum atomic E-state index is 13.5. The van der Waals surface area contributed by atoms with Gasteiger partial charge in [0, 0.05) is 17.8 Å². The normalized spacial score (nSPS) is 12.2. The molecule has 0 spiro atoms. The fourth-order valence-corrected chi connectivity index (χ4v) is 2.17. The van der Waals surface area contributed by atoms with Crippen molar-refractivity contribution in [3.05, 3.63) is 24.0 Å². The van der Waals surface area contributed by atoms with Crippen LogP contribution >= 0.6 is 0 Å². The summed E-state index contributed by atoms with van der Waals surface area (Å²) in [5.74, 6) is -0.0274. The Hall–Kier alpha value is -1.25. The van der Waals surface area contributed by atoms with Crippen LogP contribution in [0, 0.1) is 5.82 Å². The van der Waals surface area contributed by atoms with Crippen LogP contribution in [0.2, 0.25) is 0 Å². The number of ether oxygens (including phenoxy) is 1. The molecule has 0 saturated heterocycles. The molecule has 1 N–H and O–H groups in total. The SMILES string of the molecule is CCCCCCCC(C)Nc1ccc(OC)c(F)c1. The summed E-state index contributed by atoms with van der Waals surface area (Å²) in [6, 6.07) is 5.38. The van der Waals surface area contributed by atoms with Crippen LogP contribution in [0.15, 0.2) is 18.2 Å². The van der Waals surface area contributed by atoms with Crippen molar-refractivity contribution in [3.8, 4) is 5.75 Å². The molecule has 0 aliphatic heterocycles. The number of halogens is 1. The minimum atomic E-state index is -0.317. The van der Waals surface area contributed by atoms with Crippen LogP contribution < -0.4 is 10.1 Å². The van der Waals surface area contributed by atoms with E-state index in [0.29, 0.717) is 6.04 Å². The van der Waals surface area contributed by atoms with Crippen molar-refractivity contribution in [2.45, 2.75) is 58.4 Å². The summed E-state index contributed by atoms with van der Waals surface area (Å²) in [5.41, 5.74) is 0.819. The summed E-state index contributed by atoms with van der Waals surface area (Å²) >= 11 is 0. The first-order chi connectivity index (χ1) is 9.17. The molecule has 1 aromatic carbocycles. The molecule has 108 valence electrons. The largest absolute Gasteiger partial charge is 0.494 e. The minimum Gasteiger partial charge on any atom is -0.494 e. The monoisotopic (exact) mass is 267 g/mol. The first kappa shape index (κ1) is 15.8. The Kier molecular flexibility index (Phi) is 7.31. The van der Waals surface area contributed by atoms with Gasteiger partial charge in [0.25, 0.3) is 0 Å². The maximum Gasteiger partial charge on any atom is 0.167 e. The molecule has 1 rings (SSSR count). The summed E-state index contributed by atoms with van der Waals surface area (Å²) in [6.45, 7) is 4.37. The lowest BCUT2D eigenvalue weighted by Gasteiger charge is -2.15.